The molecule has 3 aromatic rings. The molecule has 0 amide bonds. The van der Waals surface area contributed by atoms with Gasteiger partial charge in [-0.15, -0.1) is 0 Å². The third-order valence-corrected chi connectivity index (χ3v) is 4.43. The Hall–Kier alpha value is -2.88. The van der Waals surface area contributed by atoms with Gasteiger partial charge in [0.15, 0.2) is 0 Å². The second-order valence-corrected chi connectivity index (χ2v) is 6.37. The molecular formula is C18H13BrNO7-. The van der Waals surface area contributed by atoms with Gasteiger partial charge in [0.25, 0.3) is 0 Å². The molecule has 8 nitrogen and oxygen atoms in total. The first-order valence-corrected chi connectivity index (χ1v) is 8.40. The van der Waals surface area contributed by atoms with Gasteiger partial charge in [0, 0.05) is 5.39 Å². The second-order valence-electron chi connectivity index (χ2n) is 5.52. The van der Waals surface area contributed by atoms with E-state index in [-0.39, 0.29) is 27.8 Å². The Balaban J connectivity index is 1.99. The van der Waals surface area contributed by atoms with E-state index in [9.17, 15) is 14.8 Å². The van der Waals surface area contributed by atoms with E-state index in [0.29, 0.717) is 21.2 Å². The summed E-state index contributed by atoms with van der Waals surface area (Å²) in [5, 5.41) is 20.0. The molecule has 0 saturated heterocycles. The SMILES string of the molecule is COC(=O)c1c(C)oc2cc(Br)c(OC(=O)c3cccc(N([O-])O)c3)cc12. The number of halogens is 1. The molecule has 0 saturated carbocycles. The number of benzene rings is 2. The Labute approximate surface area is 161 Å². The number of anilines is 1. The minimum atomic E-state index is -0.751. The highest BCUT2D eigenvalue weighted by molar-refractivity contribution is 9.10. The highest BCUT2D eigenvalue weighted by Crippen LogP contribution is 2.35. The van der Waals surface area contributed by atoms with Gasteiger partial charge in [-0.3, -0.25) is 5.21 Å². The molecule has 0 aliphatic rings. The summed E-state index contributed by atoms with van der Waals surface area (Å²) in [6.45, 7) is 1.63. The van der Waals surface area contributed by atoms with Crippen molar-refractivity contribution in [3.05, 3.63) is 63.0 Å². The van der Waals surface area contributed by atoms with Crippen LogP contribution in [0.2, 0.25) is 0 Å². The predicted molar refractivity (Wildman–Crippen MR) is 99.0 cm³/mol. The molecule has 1 heterocycles. The van der Waals surface area contributed by atoms with Crippen molar-refractivity contribution >= 4 is 44.5 Å². The molecule has 0 fully saturated rings. The molecule has 2 aromatic carbocycles. The molecule has 3 rings (SSSR count). The standard InChI is InChI=1S/C18H13BrNO7/c1-9-16(18(22)25-2)12-7-15(13(19)8-14(12)26-9)27-17(21)10-4-3-5-11(6-10)20(23)24/h3-8,23H,1-2H3/q-1. The van der Waals surface area contributed by atoms with Crippen LogP contribution in [0.5, 0.6) is 5.75 Å². The van der Waals surface area contributed by atoms with E-state index in [2.05, 4.69) is 15.9 Å². The molecule has 9 heteroatoms. The summed E-state index contributed by atoms with van der Waals surface area (Å²) in [4.78, 5) is 24.4. The molecule has 0 spiro atoms. The summed E-state index contributed by atoms with van der Waals surface area (Å²) in [5.74, 6) is -0.805. The minimum Gasteiger partial charge on any atom is -0.733 e. The third kappa shape index (κ3) is 3.65. The first-order valence-electron chi connectivity index (χ1n) is 7.61. The van der Waals surface area contributed by atoms with Gasteiger partial charge in [-0.05, 0) is 53.2 Å². The first kappa shape index (κ1) is 18.9. The average Bonchev–Trinajstić information content (AvgIpc) is 2.96. The Morgan fingerprint density at radius 1 is 1.22 bits per heavy atom. The van der Waals surface area contributed by atoms with Crippen LogP contribution in [-0.2, 0) is 4.74 Å². The molecule has 0 atom stereocenters. The van der Waals surface area contributed by atoms with Crippen molar-refractivity contribution in [3.63, 3.8) is 0 Å². The monoisotopic (exact) mass is 434 g/mol. The summed E-state index contributed by atoms with van der Waals surface area (Å²) >= 11 is 3.29. The number of ether oxygens (including phenoxy) is 2. The highest BCUT2D eigenvalue weighted by Gasteiger charge is 2.21. The largest absolute Gasteiger partial charge is 0.733 e. The van der Waals surface area contributed by atoms with E-state index in [1.54, 1.807) is 13.0 Å². The van der Waals surface area contributed by atoms with Crippen molar-refractivity contribution in [1.82, 2.24) is 0 Å². The lowest BCUT2D eigenvalue weighted by Crippen LogP contribution is -2.12. The van der Waals surface area contributed by atoms with Crippen LogP contribution in [-0.4, -0.2) is 24.3 Å². The van der Waals surface area contributed by atoms with E-state index < -0.39 is 11.9 Å². The zero-order valence-electron chi connectivity index (χ0n) is 14.2. The Morgan fingerprint density at radius 3 is 2.63 bits per heavy atom. The maximum absolute atomic E-state index is 12.4. The number of nitrogens with zero attached hydrogens (tertiary/aromatic N) is 1. The molecule has 1 N–H and O–H groups in total. The molecule has 0 aliphatic carbocycles. The molecule has 0 radical (unpaired) electrons. The van der Waals surface area contributed by atoms with Crippen LogP contribution in [0.25, 0.3) is 11.0 Å². The fourth-order valence-electron chi connectivity index (χ4n) is 2.57. The van der Waals surface area contributed by atoms with Gasteiger partial charge >= 0.3 is 11.9 Å². The van der Waals surface area contributed by atoms with Crippen LogP contribution in [0.4, 0.5) is 5.69 Å². The fraction of sp³-hybridized carbons (Fsp3) is 0.111. The number of fused-ring (bicyclic) bond motifs is 1. The molecule has 27 heavy (non-hydrogen) atoms. The number of aryl methyl sites for hydroxylation is 1. The quantitative estimate of drug-likeness (QED) is 0.369. The number of methoxy groups -OCH3 is 1. The molecule has 0 bridgehead atoms. The number of carbonyl (C=O) groups is 2. The van der Waals surface area contributed by atoms with Gasteiger partial charge < -0.3 is 24.3 Å². The highest BCUT2D eigenvalue weighted by atomic mass is 79.9. The molecule has 140 valence electrons. The fourth-order valence-corrected chi connectivity index (χ4v) is 2.97. The first-order chi connectivity index (χ1) is 12.8. The molecular weight excluding hydrogens is 422 g/mol. The summed E-state index contributed by atoms with van der Waals surface area (Å²) in [6, 6.07) is 8.44. The van der Waals surface area contributed by atoms with Gasteiger partial charge in [0.2, 0.25) is 0 Å². The van der Waals surface area contributed by atoms with Crippen LogP contribution in [0, 0.1) is 12.1 Å². The number of esters is 2. The summed E-state index contributed by atoms with van der Waals surface area (Å²) < 4.78 is 16.1. The summed E-state index contributed by atoms with van der Waals surface area (Å²) in [5.41, 5.74) is 0.605. The maximum Gasteiger partial charge on any atom is 0.343 e. The Kier molecular flexibility index (Phi) is 5.17. The van der Waals surface area contributed by atoms with Gasteiger partial charge in [0.05, 0.1) is 22.8 Å². The molecule has 0 unspecified atom stereocenters. The van der Waals surface area contributed by atoms with Gasteiger partial charge in [-0.25, -0.2) is 9.59 Å². The normalized spacial score (nSPS) is 10.7. The van der Waals surface area contributed by atoms with Gasteiger partial charge in [0.1, 0.15) is 22.7 Å². The van der Waals surface area contributed by atoms with E-state index in [0.717, 1.165) is 0 Å². The van der Waals surface area contributed by atoms with Crippen LogP contribution in [0.15, 0.2) is 45.3 Å². The van der Waals surface area contributed by atoms with E-state index >= 15 is 0 Å². The van der Waals surface area contributed by atoms with Crippen molar-refractivity contribution in [1.29, 1.82) is 0 Å². The van der Waals surface area contributed by atoms with Crippen molar-refractivity contribution in [2.75, 3.05) is 12.3 Å². The number of furan rings is 1. The number of rotatable bonds is 4. The van der Waals surface area contributed by atoms with Crippen molar-refractivity contribution < 1.29 is 28.7 Å². The maximum atomic E-state index is 12.4. The van der Waals surface area contributed by atoms with Gasteiger partial charge in [-0.2, -0.15) is 0 Å². The van der Waals surface area contributed by atoms with Crippen LogP contribution in [0.1, 0.15) is 26.5 Å². The Morgan fingerprint density at radius 2 is 1.96 bits per heavy atom. The molecule has 1 aromatic heterocycles. The van der Waals surface area contributed by atoms with E-state index in [4.69, 9.17) is 19.1 Å². The number of carbonyl (C=O) groups excluding carboxylic acids is 2. The summed E-state index contributed by atoms with van der Waals surface area (Å²) in [6.07, 6.45) is 0. The van der Waals surface area contributed by atoms with Crippen molar-refractivity contribution in [3.8, 4) is 5.75 Å². The van der Waals surface area contributed by atoms with Crippen LogP contribution in [0.3, 0.4) is 0 Å². The smallest absolute Gasteiger partial charge is 0.343 e. The van der Waals surface area contributed by atoms with E-state index in [1.165, 1.54) is 37.4 Å². The second kappa shape index (κ2) is 7.39. The van der Waals surface area contributed by atoms with Gasteiger partial charge in [-0.1, -0.05) is 6.07 Å². The lowest BCUT2D eigenvalue weighted by atomic mass is 10.1. The minimum absolute atomic E-state index is 0.0611. The molecule has 0 aliphatic heterocycles. The van der Waals surface area contributed by atoms with Crippen molar-refractivity contribution in [2.45, 2.75) is 6.92 Å². The zero-order valence-corrected chi connectivity index (χ0v) is 15.8. The van der Waals surface area contributed by atoms with Crippen LogP contribution < -0.4 is 9.96 Å². The summed E-state index contributed by atoms with van der Waals surface area (Å²) in [7, 11) is 1.26. The Bertz CT molecular complexity index is 1040. The van der Waals surface area contributed by atoms with E-state index in [1.807, 2.05) is 0 Å². The third-order valence-electron chi connectivity index (χ3n) is 3.81. The topological polar surface area (TPSA) is 112 Å². The lowest BCUT2D eigenvalue weighted by molar-refractivity contribution is 0.0600. The van der Waals surface area contributed by atoms with Crippen LogP contribution >= 0.6 is 15.9 Å². The zero-order chi connectivity index (χ0) is 19.7. The number of hydrogen-bond donors (Lipinski definition) is 1. The predicted octanol–water partition coefficient (Wildman–Crippen LogP) is 4.20. The average molecular weight is 435 g/mol. The number of hydrogen-bond acceptors (Lipinski definition) is 8. The van der Waals surface area contributed by atoms with Crippen molar-refractivity contribution in [2.24, 2.45) is 0 Å². The lowest BCUT2D eigenvalue weighted by Gasteiger charge is -2.21.